The van der Waals surface area contributed by atoms with E-state index in [4.69, 9.17) is 4.74 Å². The van der Waals surface area contributed by atoms with Gasteiger partial charge in [0.1, 0.15) is 5.75 Å². The van der Waals surface area contributed by atoms with Gasteiger partial charge in [-0.3, -0.25) is 14.4 Å². The van der Waals surface area contributed by atoms with E-state index in [-0.39, 0.29) is 36.7 Å². The lowest BCUT2D eigenvalue weighted by molar-refractivity contribution is -0.126. The summed E-state index contributed by atoms with van der Waals surface area (Å²) in [5, 5.41) is 5.60. The van der Waals surface area contributed by atoms with E-state index in [1.807, 2.05) is 19.1 Å². The fourth-order valence-corrected chi connectivity index (χ4v) is 3.39. The van der Waals surface area contributed by atoms with E-state index in [2.05, 4.69) is 26.6 Å². The van der Waals surface area contributed by atoms with Gasteiger partial charge in [-0.1, -0.05) is 22.9 Å². The molecule has 1 aliphatic heterocycles. The first-order chi connectivity index (χ1) is 14.5. The number of nitrogens with one attached hydrogen (secondary N) is 2. The zero-order chi connectivity index (χ0) is 21.5. The number of hydrogen-bond acceptors (Lipinski definition) is 4. The van der Waals surface area contributed by atoms with E-state index in [1.165, 1.54) is 0 Å². The molecule has 0 saturated carbocycles. The van der Waals surface area contributed by atoms with E-state index >= 15 is 0 Å². The van der Waals surface area contributed by atoms with Crippen LogP contribution in [0.15, 0.2) is 53.0 Å². The molecule has 3 amide bonds. The van der Waals surface area contributed by atoms with Crippen molar-refractivity contribution in [3.05, 3.63) is 53.0 Å². The molecule has 2 aromatic carbocycles. The Morgan fingerprint density at radius 2 is 1.83 bits per heavy atom. The Balaban J connectivity index is 1.51. The third kappa shape index (κ3) is 5.82. The van der Waals surface area contributed by atoms with Crippen LogP contribution in [0.1, 0.15) is 19.8 Å². The third-order valence-corrected chi connectivity index (χ3v) is 5.22. The zero-order valence-corrected chi connectivity index (χ0v) is 18.3. The molecule has 1 saturated heterocycles. The molecule has 3 rings (SSSR count). The molecular formula is C22H24BrN3O4. The van der Waals surface area contributed by atoms with Gasteiger partial charge in [-0.05, 0) is 55.0 Å². The Hall–Kier alpha value is -2.87. The normalized spacial score (nSPS) is 15.7. The molecule has 1 atom stereocenters. The lowest BCUT2D eigenvalue weighted by Gasteiger charge is -2.17. The van der Waals surface area contributed by atoms with E-state index in [0.717, 1.165) is 10.9 Å². The summed E-state index contributed by atoms with van der Waals surface area (Å²) in [6, 6.07) is 14.2. The second kappa shape index (κ2) is 10.2. The van der Waals surface area contributed by atoms with Gasteiger partial charge in [-0.25, -0.2) is 0 Å². The molecule has 1 aliphatic rings. The van der Waals surface area contributed by atoms with Crippen molar-refractivity contribution in [3.8, 4) is 5.75 Å². The molecular weight excluding hydrogens is 450 g/mol. The van der Waals surface area contributed by atoms with Crippen molar-refractivity contribution in [2.45, 2.75) is 19.8 Å². The molecule has 30 heavy (non-hydrogen) atoms. The molecule has 1 unspecified atom stereocenters. The molecule has 2 aromatic rings. The minimum Gasteiger partial charge on any atom is -0.484 e. The minimum absolute atomic E-state index is 0.0748. The van der Waals surface area contributed by atoms with Gasteiger partial charge < -0.3 is 20.3 Å². The van der Waals surface area contributed by atoms with Crippen molar-refractivity contribution in [3.63, 3.8) is 0 Å². The number of hydrogen-bond donors (Lipinski definition) is 2. The molecule has 8 heteroatoms. The van der Waals surface area contributed by atoms with Crippen molar-refractivity contribution >= 4 is 45.0 Å². The van der Waals surface area contributed by atoms with Gasteiger partial charge in [0.15, 0.2) is 6.61 Å². The maximum absolute atomic E-state index is 12.3. The number of benzene rings is 2. The molecule has 2 N–H and O–H groups in total. The lowest BCUT2D eigenvalue weighted by Crippen LogP contribution is -2.33. The van der Waals surface area contributed by atoms with Crippen LogP contribution >= 0.6 is 15.9 Å². The number of nitrogens with zero attached hydrogens (tertiary/aromatic N) is 1. The Bertz CT molecular complexity index is 900. The van der Waals surface area contributed by atoms with Crippen LogP contribution in [-0.2, 0) is 14.4 Å². The van der Waals surface area contributed by atoms with E-state index in [0.29, 0.717) is 30.2 Å². The Kier molecular flexibility index (Phi) is 7.46. The fourth-order valence-electron chi connectivity index (χ4n) is 3.13. The number of amides is 3. The summed E-state index contributed by atoms with van der Waals surface area (Å²) in [5.74, 6) is -0.230. The largest absolute Gasteiger partial charge is 0.484 e. The number of halogens is 1. The van der Waals surface area contributed by atoms with Gasteiger partial charge >= 0.3 is 0 Å². The quantitative estimate of drug-likeness (QED) is 0.615. The van der Waals surface area contributed by atoms with Crippen LogP contribution in [0.5, 0.6) is 5.75 Å². The van der Waals surface area contributed by atoms with Crippen LogP contribution in [0.2, 0.25) is 0 Å². The summed E-state index contributed by atoms with van der Waals surface area (Å²) in [7, 11) is 0. The third-order valence-electron chi connectivity index (χ3n) is 4.69. The molecule has 7 nitrogen and oxygen atoms in total. The molecule has 0 spiro atoms. The predicted molar refractivity (Wildman–Crippen MR) is 118 cm³/mol. The van der Waals surface area contributed by atoms with Crippen LogP contribution in [0.4, 0.5) is 11.4 Å². The molecule has 0 bridgehead atoms. The molecule has 0 aromatic heterocycles. The fraction of sp³-hybridized carbons (Fsp3) is 0.318. The van der Waals surface area contributed by atoms with Crippen LogP contribution < -0.4 is 20.3 Å². The Morgan fingerprint density at radius 3 is 2.50 bits per heavy atom. The van der Waals surface area contributed by atoms with Crippen molar-refractivity contribution < 1.29 is 19.1 Å². The molecule has 158 valence electrons. The standard InChI is InChI=1S/C22H24BrN3O4/c1-2-11-24-22(29)15-12-21(28)26(13-15)18-7-9-19(10-8-18)30-14-20(27)25-17-5-3-16(23)4-6-17/h3-10,15H,2,11-14H2,1H3,(H,24,29)(H,25,27). The predicted octanol–water partition coefficient (Wildman–Crippen LogP) is 3.35. The van der Waals surface area contributed by atoms with Crippen LogP contribution in [0.25, 0.3) is 0 Å². The number of carbonyl (C=O) groups is 3. The number of anilines is 2. The maximum atomic E-state index is 12.3. The first-order valence-electron chi connectivity index (χ1n) is 9.82. The number of carbonyl (C=O) groups excluding carboxylic acids is 3. The average Bonchev–Trinajstić information content (AvgIpc) is 3.14. The first kappa shape index (κ1) is 21.8. The first-order valence-corrected chi connectivity index (χ1v) is 10.6. The molecule has 0 aliphatic carbocycles. The van der Waals surface area contributed by atoms with Crippen molar-refractivity contribution in [2.75, 3.05) is 29.9 Å². The maximum Gasteiger partial charge on any atom is 0.262 e. The van der Waals surface area contributed by atoms with Gasteiger partial charge in [-0.2, -0.15) is 0 Å². The van der Waals surface area contributed by atoms with Crippen molar-refractivity contribution in [1.29, 1.82) is 0 Å². The second-order valence-electron chi connectivity index (χ2n) is 7.03. The highest BCUT2D eigenvalue weighted by atomic mass is 79.9. The highest BCUT2D eigenvalue weighted by Crippen LogP contribution is 2.27. The summed E-state index contributed by atoms with van der Waals surface area (Å²) in [6.07, 6.45) is 1.07. The zero-order valence-electron chi connectivity index (χ0n) is 16.7. The Morgan fingerprint density at radius 1 is 1.13 bits per heavy atom. The van der Waals surface area contributed by atoms with Crippen molar-refractivity contribution in [1.82, 2.24) is 5.32 Å². The van der Waals surface area contributed by atoms with Crippen LogP contribution in [0, 0.1) is 5.92 Å². The van der Waals surface area contributed by atoms with Gasteiger partial charge in [0.25, 0.3) is 5.91 Å². The summed E-state index contributed by atoms with van der Waals surface area (Å²) >= 11 is 3.35. The molecule has 1 heterocycles. The van der Waals surface area contributed by atoms with Gasteiger partial charge in [0.2, 0.25) is 11.8 Å². The highest BCUT2D eigenvalue weighted by molar-refractivity contribution is 9.10. The molecule has 1 fully saturated rings. The van der Waals surface area contributed by atoms with Gasteiger partial charge in [0.05, 0.1) is 5.92 Å². The molecule has 0 radical (unpaired) electrons. The van der Waals surface area contributed by atoms with E-state index in [1.54, 1.807) is 41.3 Å². The van der Waals surface area contributed by atoms with Gasteiger partial charge in [-0.15, -0.1) is 0 Å². The topological polar surface area (TPSA) is 87.7 Å². The van der Waals surface area contributed by atoms with E-state index in [9.17, 15) is 14.4 Å². The second-order valence-corrected chi connectivity index (χ2v) is 7.95. The van der Waals surface area contributed by atoms with E-state index < -0.39 is 0 Å². The van der Waals surface area contributed by atoms with Crippen LogP contribution in [0.3, 0.4) is 0 Å². The van der Waals surface area contributed by atoms with Crippen LogP contribution in [-0.4, -0.2) is 37.4 Å². The monoisotopic (exact) mass is 473 g/mol. The average molecular weight is 474 g/mol. The highest BCUT2D eigenvalue weighted by Gasteiger charge is 2.34. The number of rotatable bonds is 8. The minimum atomic E-state index is -0.331. The summed E-state index contributed by atoms with van der Waals surface area (Å²) in [5.41, 5.74) is 1.39. The lowest BCUT2D eigenvalue weighted by atomic mass is 10.1. The summed E-state index contributed by atoms with van der Waals surface area (Å²) in [6.45, 7) is 2.84. The summed E-state index contributed by atoms with van der Waals surface area (Å²) in [4.78, 5) is 38.1. The smallest absolute Gasteiger partial charge is 0.262 e. The SMILES string of the molecule is CCCNC(=O)C1CC(=O)N(c2ccc(OCC(=O)Nc3ccc(Br)cc3)cc2)C1. The van der Waals surface area contributed by atoms with Crippen molar-refractivity contribution in [2.24, 2.45) is 5.92 Å². The number of ether oxygens (including phenoxy) is 1. The van der Waals surface area contributed by atoms with Gasteiger partial charge in [0, 0.05) is 35.4 Å². The summed E-state index contributed by atoms with van der Waals surface area (Å²) < 4.78 is 6.45. The Labute approximate surface area is 183 Å².